The lowest BCUT2D eigenvalue weighted by atomic mass is 10.0. The Hall–Kier alpha value is -1.42. The fourth-order valence-corrected chi connectivity index (χ4v) is 1.83. The maximum Gasteiger partial charge on any atom is 0.305 e. The van der Waals surface area contributed by atoms with Gasteiger partial charge in [-0.05, 0) is 37.1 Å². The van der Waals surface area contributed by atoms with Crippen molar-refractivity contribution in [1.29, 1.82) is 0 Å². The van der Waals surface area contributed by atoms with Crippen molar-refractivity contribution in [3.8, 4) is 0 Å². The normalized spacial score (nSPS) is 12.2. The molecule has 0 radical (unpaired) electrons. The maximum atomic E-state index is 13.1. The minimum absolute atomic E-state index is 0.123. The van der Waals surface area contributed by atoms with Crippen molar-refractivity contribution < 1.29 is 13.9 Å². The van der Waals surface area contributed by atoms with Crippen LogP contribution in [-0.2, 0) is 9.53 Å². The molecule has 0 amide bonds. The van der Waals surface area contributed by atoms with Gasteiger partial charge in [-0.1, -0.05) is 19.1 Å². The molecule has 1 unspecified atom stereocenters. The minimum atomic E-state index is -0.220. The first-order valence-electron chi connectivity index (χ1n) is 6.23. The Balaban J connectivity index is 2.40. The van der Waals surface area contributed by atoms with Crippen molar-refractivity contribution in [2.45, 2.75) is 32.2 Å². The van der Waals surface area contributed by atoms with Gasteiger partial charge in [0.05, 0.1) is 7.11 Å². The van der Waals surface area contributed by atoms with Crippen molar-refractivity contribution in [1.82, 2.24) is 5.32 Å². The number of ether oxygens (including phenoxy) is 1. The van der Waals surface area contributed by atoms with Crippen LogP contribution in [-0.4, -0.2) is 19.6 Å². The van der Waals surface area contributed by atoms with Crippen LogP contribution in [0.15, 0.2) is 24.3 Å². The molecule has 0 bridgehead atoms. The zero-order valence-electron chi connectivity index (χ0n) is 10.9. The van der Waals surface area contributed by atoms with Gasteiger partial charge in [0.1, 0.15) is 5.82 Å². The van der Waals surface area contributed by atoms with Gasteiger partial charge in [-0.25, -0.2) is 4.39 Å². The molecule has 0 saturated heterocycles. The third-order valence-corrected chi connectivity index (χ3v) is 2.84. The third-order valence-electron chi connectivity index (χ3n) is 2.84. The lowest BCUT2D eigenvalue weighted by Gasteiger charge is -2.17. The van der Waals surface area contributed by atoms with Gasteiger partial charge >= 0.3 is 5.97 Å². The van der Waals surface area contributed by atoms with E-state index in [1.807, 2.05) is 13.0 Å². The molecular formula is C14H20FNO2. The first-order valence-corrected chi connectivity index (χ1v) is 6.23. The second-order valence-corrected chi connectivity index (χ2v) is 4.15. The molecule has 0 saturated carbocycles. The van der Waals surface area contributed by atoms with Crippen molar-refractivity contribution in [3.05, 3.63) is 35.6 Å². The second-order valence-electron chi connectivity index (χ2n) is 4.15. The van der Waals surface area contributed by atoms with E-state index in [0.717, 1.165) is 18.4 Å². The summed E-state index contributed by atoms with van der Waals surface area (Å²) in [4.78, 5) is 10.9. The molecule has 0 spiro atoms. The van der Waals surface area contributed by atoms with Crippen LogP contribution in [0.5, 0.6) is 0 Å². The molecular weight excluding hydrogens is 233 g/mol. The Labute approximate surface area is 107 Å². The van der Waals surface area contributed by atoms with E-state index in [1.54, 1.807) is 12.1 Å². The Kier molecular flexibility index (Phi) is 6.36. The van der Waals surface area contributed by atoms with E-state index in [-0.39, 0.29) is 17.8 Å². The van der Waals surface area contributed by atoms with Crippen LogP contribution >= 0.6 is 0 Å². The fourth-order valence-electron chi connectivity index (χ4n) is 1.83. The summed E-state index contributed by atoms with van der Waals surface area (Å²) in [6.45, 7) is 2.76. The summed E-state index contributed by atoms with van der Waals surface area (Å²) in [5, 5.41) is 3.32. The molecule has 1 aromatic rings. The number of hydrogen-bond acceptors (Lipinski definition) is 3. The molecule has 1 N–H and O–H groups in total. The molecule has 100 valence electrons. The van der Waals surface area contributed by atoms with Crippen LogP contribution in [0.2, 0.25) is 0 Å². The standard InChI is InChI=1S/C14H20FNO2/c1-3-13(11-6-4-7-12(15)10-11)16-9-5-8-14(17)18-2/h4,6-7,10,13,16H,3,5,8-9H2,1-2H3. The number of rotatable bonds is 7. The minimum Gasteiger partial charge on any atom is -0.469 e. The molecule has 1 atom stereocenters. The molecule has 0 aliphatic rings. The van der Waals surface area contributed by atoms with E-state index < -0.39 is 0 Å². The van der Waals surface area contributed by atoms with Crippen molar-refractivity contribution in [2.75, 3.05) is 13.7 Å². The quantitative estimate of drug-likeness (QED) is 0.600. The van der Waals surface area contributed by atoms with E-state index in [2.05, 4.69) is 10.1 Å². The molecule has 3 nitrogen and oxygen atoms in total. The average molecular weight is 253 g/mol. The summed E-state index contributed by atoms with van der Waals surface area (Å²) >= 11 is 0. The predicted molar refractivity (Wildman–Crippen MR) is 68.7 cm³/mol. The summed E-state index contributed by atoms with van der Waals surface area (Å²) in [5.74, 6) is -0.419. The summed E-state index contributed by atoms with van der Waals surface area (Å²) in [6, 6.07) is 6.72. The number of nitrogens with one attached hydrogen (secondary N) is 1. The van der Waals surface area contributed by atoms with Gasteiger partial charge in [-0.15, -0.1) is 0 Å². The molecule has 4 heteroatoms. The molecule has 1 rings (SSSR count). The lowest BCUT2D eigenvalue weighted by molar-refractivity contribution is -0.140. The molecule has 18 heavy (non-hydrogen) atoms. The molecule has 0 heterocycles. The zero-order valence-corrected chi connectivity index (χ0v) is 10.9. The van der Waals surface area contributed by atoms with Crippen LogP contribution in [0.4, 0.5) is 4.39 Å². The Morgan fingerprint density at radius 1 is 1.50 bits per heavy atom. The number of carbonyl (C=O) groups excluding carboxylic acids is 1. The molecule has 1 aromatic carbocycles. The SMILES string of the molecule is CCC(NCCCC(=O)OC)c1cccc(F)c1. The summed E-state index contributed by atoms with van der Waals surface area (Å²) in [7, 11) is 1.39. The Morgan fingerprint density at radius 2 is 2.28 bits per heavy atom. The van der Waals surface area contributed by atoms with Crippen LogP contribution < -0.4 is 5.32 Å². The van der Waals surface area contributed by atoms with Gasteiger partial charge in [0, 0.05) is 12.5 Å². The van der Waals surface area contributed by atoms with Gasteiger partial charge in [0.15, 0.2) is 0 Å². The van der Waals surface area contributed by atoms with Gasteiger partial charge in [-0.3, -0.25) is 4.79 Å². The molecule has 0 aliphatic heterocycles. The van der Waals surface area contributed by atoms with Gasteiger partial charge in [-0.2, -0.15) is 0 Å². The monoisotopic (exact) mass is 253 g/mol. The number of carbonyl (C=O) groups is 1. The summed E-state index contributed by atoms with van der Waals surface area (Å²) in [6.07, 6.45) is 2.00. The predicted octanol–water partition coefficient (Wildman–Crippen LogP) is 2.82. The second kappa shape index (κ2) is 7.82. The van der Waals surface area contributed by atoms with Gasteiger partial charge in [0.2, 0.25) is 0 Å². The summed E-state index contributed by atoms with van der Waals surface area (Å²) < 4.78 is 17.7. The Morgan fingerprint density at radius 3 is 2.89 bits per heavy atom. The van der Waals surface area contributed by atoms with Gasteiger partial charge < -0.3 is 10.1 Å². The number of halogens is 1. The highest BCUT2D eigenvalue weighted by Crippen LogP contribution is 2.17. The van der Waals surface area contributed by atoms with E-state index in [0.29, 0.717) is 13.0 Å². The molecule has 0 aromatic heterocycles. The Bertz CT molecular complexity index is 382. The fraction of sp³-hybridized carbons (Fsp3) is 0.500. The van der Waals surface area contributed by atoms with E-state index >= 15 is 0 Å². The lowest BCUT2D eigenvalue weighted by Crippen LogP contribution is -2.22. The van der Waals surface area contributed by atoms with Crippen LogP contribution in [0.25, 0.3) is 0 Å². The smallest absolute Gasteiger partial charge is 0.305 e. The first-order chi connectivity index (χ1) is 8.67. The maximum absolute atomic E-state index is 13.1. The van der Waals surface area contributed by atoms with E-state index in [1.165, 1.54) is 13.2 Å². The number of methoxy groups -OCH3 is 1. The van der Waals surface area contributed by atoms with Crippen LogP contribution in [0.1, 0.15) is 37.8 Å². The van der Waals surface area contributed by atoms with Crippen molar-refractivity contribution in [3.63, 3.8) is 0 Å². The number of hydrogen-bond donors (Lipinski definition) is 1. The van der Waals surface area contributed by atoms with E-state index in [9.17, 15) is 9.18 Å². The highest BCUT2D eigenvalue weighted by molar-refractivity contribution is 5.69. The average Bonchev–Trinajstić information content (AvgIpc) is 2.38. The highest BCUT2D eigenvalue weighted by Gasteiger charge is 2.09. The highest BCUT2D eigenvalue weighted by atomic mass is 19.1. The van der Waals surface area contributed by atoms with Crippen molar-refractivity contribution >= 4 is 5.97 Å². The van der Waals surface area contributed by atoms with Crippen molar-refractivity contribution in [2.24, 2.45) is 0 Å². The molecule has 0 fully saturated rings. The first kappa shape index (κ1) is 14.6. The number of esters is 1. The summed E-state index contributed by atoms with van der Waals surface area (Å²) in [5.41, 5.74) is 0.940. The topological polar surface area (TPSA) is 38.3 Å². The van der Waals surface area contributed by atoms with Crippen LogP contribution in [0, 0.1) is 5.82 Å². The van der Waals surface area contributed by atoms with E-state index in [4.69, 9.17) is 0 Å². The molecule has 0 aliphatic carbocycles. The third kappa shape index (κ3) is 4.84. The largest absolute Gasteiger partial charge is 0.469 e. The van der Waals surface area contributed by atoms with Crippen LogP contribution in [0.3, 0.4) is 0 Å². The zero-order chi connectivity index (χ0) is 13.4. The van der Waals surface area contributed by atoms with Gasteiger partial charge in [0.25, 0.3) is 0 Å². The number of benzene rings is 1.